The molecule has 1 N–H and O–H groups in total. The summed E-state index contributed by atoms with van der Waals surface area (Å²) in [4.78, 5) is 0. The molecule has 0 radical (unpaired) electrons. The minimum absolute atomic E-state index is 0.0184. The van der Waals surface area contributed by atoms with E-state index < -0.39 is 0 Å². The second-order valence-corrected chi connectivity index (χ2v) is 7.30. The molecule has 4 heteroatoms. The molecule has 1 heterocycles. The van der Waals surface area contributed by atoms with Crippen molar-refractivity contribution in [2.75, 3.05) is 13.1 Å². The van der Waals surface area contributed by atoms with E-state index in [1.807, 2.05) is 12.1 Å². The lowest BCUT2D eigenvalue weighted by Crippen LogP contribution is -2.52. The first-order valence-electron chi connectivity index (χ1n) is 7.95. The maximum Gasteiger partial charge on any atom is 0.137 e. The normalized spacial score (nSPS) is 33.3. The van der Waals surface area contributed by atoms with Gasteiger partial charge < -0.3 is 10.1 Å². The average Bonchev–Trinajstić information content (AvgIpc) is 2.51. The van der Waals surface area contributed by atoms with Crippen LogP contribution >= 0.6 is 15.9 Å². The number of rotatable bonds is 2. The van der Waals surface area contributed by atoms with E-state index in [0.29, 0.717) is 4.47 Å². The fourth-order valence-electron chi connectivity index (χ4n) is 3.62. The predicted octanol–water partition coefficient (Wildman–Crippen LogP) is 4.59. The molecule has 1 unspecified atom stereocenters. The monoisotopic (exact) mass is 355 g/mol. The summed E-state index contributed by atoms with van der Waals surface area (Å²) < 4.78 is 20.4. The highest BCUT2D eigenvalue weighted by molar-refractivity contribution is 9.10. The number of benzene rings is 1. The molecule has 116 valence electrons. The Morgan fingerprint density at radius 1 is 1.38 bits per heavy atom. The van der Waals surface area contributed by atoms with Crippen LogP contribution in [0.1, 0.15) is 50.7 Å². The van der Waals surface area contributed by atoms with Gasteiger partial charge in [0.1, 0.15) is 5.82 Å². The van der Waals surface area contributed by atoms with Gasteiger partial charge in [0.15, 0.2) is 0 Å². The Kier molecular flexibility index (Phi) is 4.67. The number of hydrogen-bond acceptors (Lipinski definition) is 2. The lowest BCUT2D eigenvalue weighted by Gasteiger charge is -2.46. The fraction of sp³-hybridized carbons (Fsp3) is 0.647. The van der Waals surface area contributed by atoms with Crippen LogP contribution in [0.15, 0.2) is 22.7 Å². The lowest BCUT2D eigenvalue weighted by atomic mass is 9.77. The third kappa shape index (κ3) is 3.33. The molecule has 2 fully saturated rings. The summed E-state index contributed by atoms with van der Waals surface area (Å²) in [5.41, 5.74) is 1.03. The molecule has 3 rings (SSSR count). The molecule has 1 aromatic carbocycles. The molecule has 1 atom stereocenters. The number of ether oxygens (including phenoxy) is 1. The van der Waals surface area contributed by atoms with Crippen LogP contribution in [0.3, 0.4) is 0 Å². The zero-order chi connectivity index (χ0) is 14.9. The Morgan fingerprint density at radius 3 is 2.81 bits per heavy atom. The second-order valence-electron chi connectivity index (χ2n) is 6.45. The first-order valence-corrected chi connectivity index (χ1v) is 8.75. The minimum Gasteiger partial charge on any atom is -0.364 e. The van der Waals surface area contributed by atoms with Crippen LogP contribution in [0.5, 0.6) is 0 Å². The van der Waals surface area contributed by atoms with E-state index in [0.717, 1.165) is 37.4 Å². The summed E-state index contributed by atoms with van der Waals surface area (Å²) in [6.45, 7) is 4.03. The van der Waals surface area contributed by atoms with E-state index in [4.69, 9.17) is 4.74 Å². The van der Waals surface area contributed by atoms with Crippen molar-refractivity contribution >= 4 is 15.9 Å². The quantitative estimate of drug-likeness (QED) is 0.837. The molecule has 1 aliphatic carbocycles. The number of morpholine rings is 1. The Bertz CT molecular complexity index is 500. The molecule has 2 aliphatic rings. The van der Waals surface area contributed by atoms with Gasteiger partial charge in [0.2, 0.25) is 0 Å². The summed E-state index contributed by atoms with van der Waals surface area (Å²) in [5.74, 6) is 0.639. The van der Waals surface area contributed by atoms with Gasteiger partial charge in [0.25, 0.3) is 0 Å². The molecular weight excluding hydrogens is 333 g/mol. The van der Waals surface area contributed by atoms with Gasteiger partial charge in [-0.15, -0.1) is 0 Å². The summed E-state index contributed by atoms with van der Waals surface area (Å²) in [6, 6.07) is 5.19. The van der Waals surface area contributed by atoms with Crippen molar-refractivity contribution in [1.82, 2.24) is 5.32 Å². The lowest BCUT2D eigenvalue weighted by molar-refractivity contribution is -0.141. The molecule has 2 nitrogen and oxygen atoms in total. The molecule has 1 aromatic rings. The van der Waals surface area contributed by atoms with Crippen molar-refractivity contribution in [3.05, 3.63) is 34.1 Å². The molecule has 1 aliphatic heterocycles. The summed E-state index contributed by atoms with van der Waals surface area (Å²) >= 11 is 3.27. The predicted molar refractivity (Wildman–Crippen MR) is 85.8 cm³/mol. The number of nitrogens with one attached hydrogen (secondary N) is 1. The first-order chi connectivity index (χ1) is 10.1. The van der Waals surface area contributed by atoms with Crippen molar-refractivity contribution in [3.63, 3.8) is 0 Å². The Balaban J connectivity index is 1.72. The van der Waals surface area contributed by atoms with Crippen molar-refractivity contribution in [3.8, 4) is 0 Å². The van der Waals surface area contributed by atoms with Gasteiger partial charge in [-0.25, -0.2) is 4.39 Å². The summed E-state index contributed by atoms with van der Waals surface area (Å²) in [7, 11) is 0. The van der Waals surface area contributed by atoms with E-state index in [2.05, 4.69) is 28.2 Å². The molecule has 1 saturated heterocycles. The van der Waals surface area contributed by atoms with Gasteiger partial charge in [-0.1, -0.05) is 19.4 Å². The zero-order valence-electron chi connectivity index (χ0n) is 12.5. The van der Waals surface area contributed by atoms with E-state index in [1.165, 1.54) is 25.3 Å². The maximum absolute atomic E-state index is 13.4. The fourth-order valence-corrected chi connectivity index (χ4v) is 4.02. The molecule has 0 bridgehead atoms. The van der Waals surface area contributed by atoms with Crippen LogP contribution in [0.4, 0.5) is 4.39 Å². The Labute approximate surface area is 134 Å². The summed E-state index contributed by atoms with van der Waals surface area (Å²) in [6.07, 6.45) is 6.09. The van der Waals surface area contributed by atoms with E-state index in [-0.39, 0.29) is 17.5 Å². The third-order valence-electron chi connectivity index (χ3n) is 5.08. The molecule has 0 aromatic heterocycles. The van der Waals surface area contributed by atoms with Gasteiger partial charge in [0.05, 0.1) is 16.2 Å². The Hall–Kier alpha value is -0.450. The topological polar surface area (TPSA) is 21.3 Å². The van der Waals surface area contributed by atoms with Crippen LogP contribution in [-0.4, -0.2) is 18.7 Å². The molecule has 0 amide bonds. The van der Waals surface area contributed by atoms with Crippen LogP contribution < -0.4 is 5.32 Å². The highest BCUT2D eigenvalue weighted by Crippen LogP contribution is 2.41. The second kappa shape index (κ2) is 6.35. The van der Waals surface area contributed by atoms with Gasteiger partial charge in [0, 0.05) is 13.1 Å². The maximum atomic E-state index is 13.4. The number of halogens is 2. The smallest absolute Gasteiger partial charge is 0.137 e. The highest BCUT2D eigenvalue weighted by Gasteiger charge is 2.40. The highest BCUT2D eigenvalue weighted by atomic mass is 79.9. The standard InChI is InChI=1S/C17H23BrFNO/c1-2-12-5-7-17(8-6-12)11-20-10-16(21-17)13-3-4-15(19)14(18)9-13/h3-4,9,12,16,20H,2,5-8,10-11H2,1H3. The summed E-state index contributed by atoms with van der Waals surface area (Å²) in [5, 5.41) is 3.53. The van der Waals surface area contributed by atoms with Gasteiger partial charge in [-0.2, -0.15) is 0 Å². The molecule has 1 saturated carbocycles. The van der Waals surface area contributed by atoms with E-state index >= 15 is 0 Å². The van der Waals surface area contributed by atoms with Gasteiger partial charge in [-0.05, 0) is 65.2 Å². The zero-order valence-corrected chi connectivity index (χ0v) is 14.1. The van der Waals surface area contributed by atoms with E-state index in [1.54, 1.807) is 0 Å². The first kappa shape index (κ1) is 15.4. The van der Waals surface area contributed by atoms with Gasteiger partial charge in [-0.3, -0.25) is 0 Å². The van der Waals surface area contributed by atoms with Crippen LogP contribution in [0, 0.1) is 11.7 Å². The van der Waals surface area contributed by atoms with Gasteiger partial charge >= 0.3 is 0 Å². The van der Waals surface area contributed by atoms with Crippen LogP contribution in [0.25, 0.3) is 0 Å². The Morgan fingerprint density at radius 2 is 2.14 bits per heavy atom. The third-order valence-corrected chi connectivity index (χ3v) is 5.69. The minimum atomic E-state index is -0.222. The largest absolute Gasteiger partial charge is 0.364 e. The molecule has 1 spiro atoms. The van der Waals surface area contributed by atoms with Crippen molar-refractivity contribution in [2.24, 2.45) is 5.92 Å². The number of hydrogen-bond donors (Lipinski definition) is 1. The van der Waals surface area contributed by atoms with Crippen LogP contribution in [-0.2, 0) is 4.74 Å². The van der Waals surface area contributed by atoms with E-state index in [9.17, 15) is 4.39 Å². The molecule has 21 heavy (non-hydrogen) atoms. The van der Waals surface area contributed by atoms with Crippen molar-refractivity contribution < 1.29 is 9.13 Å². The average molecular weight is 356 g/mol. The SMILES string of the molecule is CCC1CCC2(CC1)CNCC(c1ccc(F)c(Br)c1)O2. The molecular formula is C17H23BrFNO. The van der Waals surface area contributed by atoms with Crippen molar-refractivity contribution in [2.45, 2.75) is 50.7 Å². The van der Waals surface area contributed by atoms with Crippen molar-refractivity contribution in [1.29, 1.82) is 0 Å². The van der Waals surface area contributed by atoms with Crippen LogP contribution in [0.2, 0.25) is 0 Å².